The van der Waals surface area contributed by atoms with Crippen LogP contribution in [-0.4, -0.2) is 40.4 Å². The Bertz CT molecular complexity index is 981. The molecule has 3 aromatic rings. The summed E-state index contributed by atoms with van der Waals surface area (Å²) in [7, 11) is 2.94. The van der Waals surface area contributed by atoms with Crippen LogP contribution in [0.3, 0.4) is 0 Å². The average Bonchev–Trinajstić information content (AvgIpc) is 3.02. The molecule has 0 fully saturated rings. The van der Waals surface area contributed by atoms with Crippen LogP contribution >= 0.6 is 12.2 Å². The molecule has 0 aliphatic rings. The number of nitrogens with one attached hydrogen (secondary N) is 1. The van der Waals surface area contributed by atoms with Gasteiger partial charge in [-0.25, -0.2) is 5.10 Å². The molecule has 0 aliphatic heterocycles. The molecule has 0 aliphatic carbocycles. The van der Waals surface area contributed by atoms with E-state index < -0.39 is 0 Å². The third-order valence-corrected chi connectivity index (χ3v) is 4.05. The Morgan fingerprint density at radius 1 is 1.15 bits per heavy atom. The summed E-state index contributed by atoms with van der Waals surface area (Å²) in [4.78, 5) is 0. The number of phenolic OH excluding ortho intramolecular Hbond substituents is 1. The first-order valence-electron chi connectivity index (χ1n) is 7.77. The largest absolute Gasteiger partial charge is 0.502 e. The Kier molecular flexibility index (Phi) is 5.04. The number of aromatic nitrogens is 3. The number of aromatic hydroxyl groups is 1. The Balaban J connectivity index is 2.01. The standard InChI is InChI=1S/C18H18N4O3S/c1-11-4-6-13(7-5-11)17-20-21-18(26)22(17)19-10-12-8-14(24-2)16(23)15(9-12)25-3/h4-10,23H,1-3H3,(H,21,26). The number of aryl methyl sites for hydroxylation is 1. The molecule has 2 N–H and O–H groups in total. The van der Waals surface area contributed by atoms with Gasteiger partial charge in [0.1, 0.15) is 0 Å². The number of rotatable bonds is 5. The predicted octanol–water partition coefficient (Wildman–Crippen LogP) is 3.52. The number of nitrogens with zero attached hydrogens (tertiary/aromatic N) is 3. The molecule has 0 bridgehead atoms. The normalized spacial score (nSPS) is 11.0. The molecule has 3 rings (SSSR count). The molecule has 26 heavy (non-hydrogen) atoms. The first-order valence-corrected chi connectivity index (χ1v) is 8.18. The molecule has 7 nitrogen and oxygen atoms in total. The zero-order valence-electron chi connectivity index (χ0n) is 14.6. The third kappa shape index (κ3) is 3.45. The second-order valence-electron chi connectivity index (χ2n) is 5.55. The summed E-state index contributed by atoms with van der Waals surface area (Å²) in [5.41, 5.74) is 2.72. The van der Waals surface area contributed by atoms with Gasteiger partial charge < -0.3 is 14.6 Å². The van der Waals surface area contributed by atoms with Gasteiger partial charge in [-0.05, 0) is 31.3 Å². The highest BCUT2D eigenvalue weighted by Crippen LogP contribution is 2.36. The Hall–Kier alpha value is -3.13. The van der Waals surface area contributed by atoms with Crippen LogP contribution < -0.4 is 9.47 Å². The minimum absolute atomic E-state index is 0.0626. The van der Waals surface area contributed by atoms with Crippen LogP contribution in [0.25, 0.3) is 11.4 Å². The maximum atomic E-state index is 9.99. The topological polar surface area (TPSA) is 84.7 Å². The van der Waals surface area contributed by atoms with Crippen molar-refractivity contribution in [3.8, 4) is 28.6 Å². The highest BCUT2D eigenvalue weighted by molar-refractivity contribution is 7.71. The van der Waals surface area contributed by atoms with Crippen molar-refractivity contribution in [2.24, 2.45) is 5.10 Å². The minimum atomic E-state index is -0.0626. The number of aromatic amines is 1. The molecular formula is C18H18N4O3S. The molecular weight excluding hydrogens is 352 g/mol. The van der Waals surface area contributed by atoms with Gasteiger partial charge in [-0.2, -0.15) is 14.9 Å². The maximum Gasteiger partial charge on any atom is 0.216 e. The highest BCUT2D eigenvalue weighted by atomic mass is 32.1. The molecule has 0 unspecified atom stereocenters. The monoisotopic (exact) mass is 370 g/mol. The van der Waals surface area contributed by atoms with Gasteiger partial charge >= 0.3 is 0 Å². The van der Waals surface area contributed by atoms with E-state index in [0.717, 1.165) is 11.1 Å². The fourth-order valence-electron chi connectivity index (χ4n) is 2.40. The maximum absolute atomic E-state index is 9.99. The van der Waals surface area contributed by atoms with Crippen LogP contribution in [0.2, 0.25) is 0 Å². The third-order valence-electron chi connectivity index (χ3n) is 3.78. The van der Waals surface area contributed by atoms with Crippen LogP contribution in [-0.2, 0) is 0 Å². The van der Waals surface area contributed by atoms with Crippen molar-refractivity contribution in [3.05, 3.63) is 52.3 Å². The van der Waals surface area contributed by atoms with Crippen molar-refractivity contribution in [2.75, 3.05) is 14.2 Å². The van der Waals surface area contributed by atoms with Crippen LogP contribution in [0.15, 0.2) is 41.5 Å². The lowest BCUT2D eigenvalue weighted by molar-refractivity contribution is 0.340. The molecule has 0 amide bonds. The zero-order valence-corrected chi connectivity index (χ0v) is 15.4. The summed E-state index contributed by atoms with van der Waals surface area (Å²) >= 11 is 5.27. The molecule has 134 valence electrons. The van der Waals surface area contributed by atoms with Gasteiger partial charge in [0.25, 0.3) is 0 Å². The summed E-state index contributed by atoms with van der Waals surface area (Å²) in [5.74, 6) is 1.12. The Morgan fingerprint density at radius 3 is 2.35 bits per heavy atom. The van der Waals surface area contributed by atoms with Crippen LogP contribution in [0.1, 0.15) is 11.1 Å². The highest BCUT2D eigenvalue weighted by Gasteiger charge is 2.11. The zero-order chi connectivity index (χ0) is 18.7. The van der Waals surface area contributed by atoms with E-state index in [4.69, 9.17) is 21.7 Å². The molecule has 1 heterocycles. The van der Waals surface area contributed by atoms with Crippen molar-refractivity contribution in [2.45, 2.75) is 6.92 Å². The molecule has 0 saturated carbocycles. The van der Waals surface area contributed by atoms with E-state index in [1.165, 1.54) is 18.9 Å². The molecule has 0 radical (unpaired) electrons. The summed E-state index contributed by atoms with van der Waals surface area (Å²) in [6.45, 7) is 2.02. The fourth-order valence-corrected chi connectivity index (χ4v) is 2.58. The summed E-state index contributed by atoms with van der Waals surface area (Å²) < 4.78 is 12.2. The van der Waals surface area contributed by atoms with E-state index in [-0.39, 0.29) is 5.75 Å². The van der Waals surface area contributed by atoms with Crippen LogP contribution in [0, 0.1) is 11.7 Å². The van der Waals surface area contributed by atoms with E-state index in [2.05, 4.69) is 15.3 Å². The lowest BCUT2D eigenvalue weighted by Gasteiger charge is -2.09. The van der Waals surface area contributed by atoms with E-state index in [0.29, 0.717) is 27.7 Å². The van der Waals surface area contributed by atoms with Crippen LogP contribution in [0.4, 0.5) is 0 Å². The number of hydrogen-bond acceptors (Lipinski definition) is 6. The molecule has 0 atom stereocenters. The fraction of sp³-hybridized carbons (Fsp3) is 0.167. The second-order valence-corrected chi connectivity index (χ2v) is 5.94. The van der Waals surface area contributed by atoms with E-state index in [1.54, 1.807) is 18.3 Å². The van der Waals surface area contributed by atoms with Gasteiger partial charge in [-0.3, -0.25) is 0 Å². The molecule has 8 heteroatoms. The van der Waals surface area contributed by atoms with E-state index in [9.17, 15) is 5.11 Å². The Labute approximate surface area is 155 Å². The Morgan fingerprint density at radius 2 is 1.77 bits per heavy atom. The van der Waals surface area contributed by atoms with E-state index in [1.807, 2.05) is 31.2 Å². The lowest BCUT2D eigenvalue weighted by Crippen LogP contribution is -1.96. The molecule has 0 saturated heterocycles. The summed E-state index contributed by atoms with van der Waals surface area (Å²) in [6, 6.07) is 11.2. The molecule has 1 aromatic heterocycles. The first-order chi connectivity index (χ1) is 12.5. The minimum Gasteiger partial charge on any atom is -0.502 e. The average molecular weight is 370 g/mol. The van der Waals surface area contributed by atoms with Gasteiger partial charge in [-0.15, -0.1) is 0 Å². The molecule has 0 spiro atoms. The summed E-state index contributed by atoms with van der Waals surface area (Å²) in [5, 5.41) is 21.4. The SMILES string of the molecule is COc1cc(C=Nn2c(-c3ccc(C)cc3)n[nH]c2=S)cc(OC)c1O. The first kappa shape index (κ1) is 17.7. The van der Waals surface area contributed by atoms with Gasteiger partial charge in [0, 0.05) is 11.1 Å². The van der Waals surface area contributed by atoms with Crippen molar-refractivity contribution in [1.29, 1.82) is 0 Å². The molecule has 2 aromatic carbocycles. The number of hydrogen-bond donors (Lipinski definition) is 2. The van der Waals surface area contributed by atoms with Crippen molar-refractivity contribution in [3.63, 3.8) is 0 Å². The second kappa shape index (κ2) is 7.40. The smallest absolute Gasteiger partial charge is 0.216 e. The van der Waals surface area contributed by atoms with Crippen molar-refractivity contribution < 1.29 is 14.6 Å². The number of benzene rings is 2. The van der Waals surface area contributed by atoms with Crippen molar-refractivity contribution >= 4 is 18.4 Å². The quantitative estimate of drug-likeness (QED) is 0.530. The van der Waals surface area contributed by atoms with Gasteiger partial charge in [0.2, 0.25) is 10.5 Å². The number of phenols is 1. The van der Waals surface area contributed by atoms with Crippen molar-refractivity contribution in [1.82, 2.24) is 14.9 Å². The number of ether oxygens (including phenoxy) is 2. The predicted molar refractivity (Wildman–Crippen MR) is 102 cm³/mol. The van der Waals surface area contributed by atoms with E-state index >= 15 is 0 Å². The number of methoxy groups -OCH3 is 2. The van der Waals surface area contributed by atoms with Crippen LogP contribution in [0.5, 0.6) is 17.2 Å². The number of H-pyrrole nitrogens is 1. The van der Waals surface area contributed by atoms with Gasteiger partial charge in [0.15, 0.2) is 17.3 Å². The summed E-state index contributed by atoms with van der Waals surface area (Å²) in [6.07, 6.45) is 1.59. The van der Waals surface area contributed by atoms with Gasteiger partial charge in [0.05, 0.1) is 20.4 Å². The lowest BCUT2D eigenvalue weighted by atomic mass is 10.1. The van der Waals surface area contributed by atoms with Gasteiger partial charge in [-0.1, -0.05) is 29.8 Å².